The molecule has 1 amide bonds. The molecule has 0 saturated heterocycles. The minimum atomic E-state index is -4.45. The number of aromatic nitrogens is 1. The maximum Gasteiger partial charge on any atom is 0.431 e. The maximum absolute atomic E-state index is 13.0. The topological polar surface area (TPSA) is 44.9 Å². The molecule has 1 aromatic carbocycles. The van der Waals surface area contributed by atoms with Crippen LogP contribution >= 0.6 is 0 Å². The van der Waals surface area contributed by atoms with Crippen LogP contribution in [0, 0.1) is 0 Å². The van der Waals surface area contributed by atoms with E-state index in [4.69, 9.17) is 0 Å². The number of aromatic amines is 1. The van der Waals surface area contributed by atoms with Gasteiger partial charge in [-0.25, -0.2) is 0 Å². The number of fused-ring (bicyclic) bond motifs is 1. The summed E-state index contributed by atoms with van der Waals surface area (Å²) in [6.45, 7) is 3.41. The van der Waals surface area contributed by atoms with Crippen molar-refractivity contribution in [3.8, 4) is 0 Å². The van der Waals surface area contributed by atoms with Crippen molar-refractivity contribution in [1.82, 2.24) is 10.3 Å². The highest BCUT2D eigenvalue weighted by Crippen LogP contribution is 2.35. The Bertz CT molecular complexity index is 643. The van der Waals surface area contributed by atoms with Gasteiger partial charge in [-0.1, -0.05) is 24.8 Å². The number of para-hydroxylation sites is 1. The summed E-state index contributed by atoms with van der Waals surface area (Å²) in [4.78, 5) is 13.4. The van der Waals surface area contributed by atoms with Crippen LogP contribution < -0.4 is 5.32 Å². The lowest BCUT2D eigenvalue weighted by molar-refractivity contribution is -0.141. The van der Waals surface area contributed by atoms with Gasteiger partial charge in [0.15, 0.2) is 0 Å². The normalized spacial score (nSPS) is 11.6. The predicted molar refractivity (Wildman–Crippen MR) is 70.2 cm³/mol. The Labute approximate surface area is 113 Å². The Morgan fingerprint density at radius 2 is 2.05 bits per heavy atom. The van der Waals surface area contributed by atoms with E-state index in [1.807, 2.05) is 0 Å². The van der Waals surface area contributed by atoms with Crippen LogP contribution in [-0.4, -0.2) is 17.4 Å². The lowest BCUT2D eigenvalue weighted by atomic mass is 10.1. The number of rotatable bonds is 4. The minimum Gasteiger partial charge on any atom is -0.352 e. The third-order valence-electron chi connectivity index (χ3n) is 2.96. The third-order valence-corrected chi connectivity index (χ3v) is 2.96. The summed E-state index contributed by atoms with van der Waals surface area (Å²) in [5.74, 6) is -0.404. The first-order valence-electron chi connectivity index (χ1n) is 6.00. The number of benzene rings is 1. The maximum atomic E-state index is 13.0. The fourth-order valence-electron chi connectivity index (χ4n) is 2.08. The SMILES string of the molecule is C=CC(=O)NCCc1c(C(F)(F)F)[nH]c2ccccc12. The van der Waals surface area contributed by atoms with Crippen molar-refractivity contribution in [1.29, 1.82) is 0 Å². The van der Waals surface area contributed by atoms with Gasteiger partial charge in [-0.3, -0.25) is 4.79 Å². The number of halogens is 3. The van der Waals surface area contributed by atoms with E-state index in [1.165, 1.54) is 0 Å². The van der Waals surface area contributed by atoms with Crippen molar-refractivity contribution in [2.24, 2.45) is 0 Å². The van der Waals surface area contributed by atoms with E-state index in [2.05, 4.69) is 16.9 Å². The summed E-state index contributed by atoms with van der Waals surface area (Å²) in [6, 6.07) is 6.58. The molecule has 0 unspecified atom stereocenters. The zero-order valence-corrected chi connectivity index (χ0v) is 10.6. The average Bonchev–Trinajstić information content (AvgIpc) is 2.78. The van der Waals surface area contributed by atoms with Gasteiger partial charge in [0.2, 0.25) is 5.91 Å². The molecule has 20 heavy (non-hydrogen) atoms. The molecule has 0 aliphatic rings. The van der Waals surface area contributed by atoms with Crippen molar-refractivity contribution < 1.29 is 18.0 Å². The van der Waals surface area contributed by atoms with E-state index >= 15 is 0 Å². The molecule has 0 aliphatic carbocycles. The second kappa shape index (κ2) is 5.40. The van der Waals surface area contributed by atoms with Crippen LogP contribution in [0.1, 0.15) is 11.3 Å². The third kappa shape index (κ3) is 2.84. The van der Waals surface area contributed by atoms with Crippen molar-refractivity contribution in [2.75, 3.05) is 6.54 Å². The monoisotopic (exact) mass is 282 g/mol. The summed E-state index contributed by atoms with van der Waals surface area (Å²) in [6.07, 6.45) is -3.27. The molecule has 1 aromatic heterocycles. The highest BCUT2D eigenvalue weighted by molar-refractivity contribution is 5.87. The fraction of sp³-hybridized carbons (Fsp3) is 0.214. The van der Waals surface area contributed by atoms with Crippen LogP contribution in [0.4, 0.5) is 13.2 Å². The Balaban J connectivity index is 2.33. The van der Waals surface area contributed by atoms with Crippen molar-refractivity contribution in [3.63, 3.8) is 0 Å². The molecular weight excluding hydrogens is 269 g/mol. The van der Waals surface area contributed by atoms with E-state index in [9.17, 15) is 18.0 Å². The Kier molecular flexibility index (Phi) is 3.83. The summed E-state index contributed by atoms with van der Waals surface area (Å²) >= 11 is 0. The smallest absolute Gasteiger partial charge is 0.352 e. The number of hydrogen-bond acceptors (Lipinski definition) is 1. The van der Waals surface area contributed by atoms with Gasteiger partial charge in [0.25, 0.3) is 0 Å². The largest absolute Gasteiger partial charge is 0.431 e. The Morgan fingerprint density at radius 1 is 1.35 bits per heavy atom. The standard InChI is InChI=1S/C14H13F3N2O/c1-2-12(20)18-8-7-10-9-5-3-4-6-11(9)19-13(10)14(15,16)17/h2-6,19H,1,7-8H2,(H,18,20). The van der Waals surface area contributed by atoms with Crippen LogP contribution in [-0.2, 0) is 17.4 Å². The summed E-state index contributed by atoms with van der Waals surface area (Å²) in [5, 5.41) is 3.00. The van der Waals surface area contributed by atoms with E-state index in [0.29, 0.717) is 10.9 Å². The molecule has 0 aliphatic heterocycles. The van der Waals surface area contributed by atoms with Crippen molar-refractivity contribution in [2.45, 2.75) is 12.6 Å². The van der Waals surface area contributed by atoms with Gasteiger partial charge < -0.3 is 10.3 Å². The minimum absolute atomic E-state index is 0.0957. The molecule has 0 fully saturated rings. The van der Waals surface area contributed by atoms with Crippen LogP contribution in [0.3, 0.4) is 0 Å². The van der Waals surface area contributed by atoms with E-state index < -0.39 is 17.8 Å². The number of carbonyl (C=O) groups is 1. The Hall–Kier alpha value is -2.24. The summed E-state index contributed by atoms with van der Waals surface area (Å²) in [5.41, 5.74) is -0.158. The quantitative estimate of drug-likeness (QED) is 0.832. The predicted octanol–water partition coefficient (Wildman–Crippen LogP) is 3.03. The second-order valence-corrected chi connectivity index (χ2v) is 4.27. The van der Waals surface area contributed by atoms with Gasteiger partial charge in [-0.15, -0.1) is 0 Å². The molecular formula is C14H13F3N2O. The summed E-state index contributed by atoms with van der Waals surface area (Å²) in [7, 11) is 0. The van der Waals surface area contributed by atoms with Crippen molar-refractivity contribution >= 4 is 16.8 Å². The Morgan fingerprint density at radius 3 is 2.70 bits per heavy atom. The number of alkyl halides is 3. The number of carbonyl (C=O) groups excluding carboxylic acids is 1. The molecule has 1 heterocycles. The van der Waals surface area contributed by atoms with Gasteiger partial charge >= 0.3 is 6.18 Å². The molecule has 0 radical (unpaired) electrons. The van der Waals surface area contributed by atoms with Gasteiger partial charge in [0.1, 0.15) is 5.69 Å². The van der Waals surface area contributed by atoms with Gasteiger partial charge in [0.05, 0.1) is 0 Å². The average molecular weight is 282 g/mol. The van der Waals surface area contributed by atoms with Gasteiger partial charge in [0, 0.05) is 17.4 Å². The number of nitrogens with one attached hydrogen (secondary N) is 2. The molecule has 0 bridgehead atoms. The molecule has 106 valence electrons. The molecule has 0 spiro atoms. The number of H-pyrrole nitrogens is 1. The number of hydrogen-bond donors (Lipinski definition) is 2. The molecule has 2 aromatic rings. The van der Waals surface area contributed by atoms with Crippen LogP contribution in [0.15, 0.2) is 36.9 Å². The molecule has 2 rings (SSSR count). The zero-order chi connectivity index (χ0) is 14.8. The van der Waals surface area contributed by atoms with E-state index in [0.717, 1.165) is 6.08 Å². The van der Waals surface area contributed by atoms with E-state index in [-0.39, 0.29) is 18.5 Å². The molecule has 3 nitrogen and oxygen atoms in total. The van der Waals surface area contributed by atoms with Crippen LogP contribution in [0.2, 0.25) is 0 Å². The second-order valence-electron chi connectivity index (χ2n) is 4.27. The highest BCUT2D eigenvalue weighted by Gasteiger charge is 2.36. The first-order valence-corrected chi connectivity index (χ1v) is 6.00. The first kappa shape index (κ1) is 14.2. The zero-order valence-electron chi connectivity index (χ0n) is 10.6. The van der Waals surface area contributed by atoms with Crippen LogP contribution in [0.25, 0.3) is 10.9 Å². The molecule has 0 atom stereocenters. The molecule has 6 heteroatoms. The van der Waals surface area contributed by atoms with Gasteiger partial charge in [-0.05, 0) is 24.1 Å². The van der Waals surface area contributed by atoms with Crippen molar-refractivity contribution in [3.05, 3.63) is 48.2 Å². The molecule has 2 N–H and O–H groups in total. The highest BCUT2D eigenvalue weighted by atomic mass is 19.4. The lowest BCUT2D eigenvalue weighted by Gasteiger charge is -2.08. The first-order chi connectivity index (χ1) is 9.43. The molecule has 0 saturated carbocycles. The number of amides is 1. The van der Waals surface area contributed by atoms with Crippen LogP contribution in [0.5, 0.6) is 0 Å². The van der Waals surface area contributed by atoms with Gasteiger partial charge in [-0.2, -0.15) is 13.2 Å². The van der Waals surface area contributed by atoms with E-state index in [1.54, 1.807) is 24.3 Å². The lowest BCUT2D eigenvalue weighted by Crippen LogP contribution is -2.24. The summed E-state index contributed by atoms with van der Waals surface area (Å²) < 4.78 is 39.0. The fourth-order valence-corrected chi connectivity index (χ4v) is 2.08.